The van der Waals surface area contributed by atoms with E-state index in [4.69, 9.17) is 24.4 Å². The van der Waals surface area contributed by atoms with Crippen molar-refractivity contribution in [1.29, 1.82) is 0 Å². The predicted molar refractivity (Wildman–Crippen MR) is 68.6 cm³/mol. The molecule has 2 aliphatic heterocycles. The van der Waals surface area contributed by atoms with Gasteiger partial charge >= 0.3 is 0 Å². The van der Waals surface area contributed by atoms with Crippen molar-refractivity contribution in [3.63, 3.8) is 0 Å². The average Bonchev–Trinajstić information content (AvgIpc) is 2.55. The van der Waals surface area contributed by atoms with Gasteiger partial charge in [-0.15, -0.1) is 0 Å². The largest absolute Gasteiger partial charge is 0.394 e. The molecular weight excluding hydrogens is 320 g/mol. The van der Waals surface area contributed by atoms with E-state index in [2.05, 4.69) is 0 Å². The Balaban J connectivity index is 2.04. The van der Waals surface area contributed by atoms with Gasteiger partial charge in [-0.3, -0.25) is 0 Å². The first-order valence-electron chi connectivity index (χ1n) is 7.04. The Morgan fingerprint density at radius 2 is 1.61 bits per heavy atom. The molecule has 0 radical (unpaired) electrons. The van der Waals surface area contributed by atoms with Crippen LogP contribution in [0.2, 0.25) is 0 Å². The maximum absolute atomic E-state index is 9.94. The summed E-state index contributed by atoms with van der Waals surface area (Å²) in [6.07, 6.45) is -12.5. The molecule has 8 N–H and O–H groups in total. The highest BCUT2D eigenvalue weighted by atomic mass is 16.7. The van der Waals surface area contributed by atoms with Gasteiger partial charge in [0, 0.05) is 0 Å². The molecule has 0 aliphatic carbocycles. The maximum Gasteiger partial charge on any atom is 0.218 e. The third-order valence-corrected chi connectivity index (χ3v) is 4.05. The summed E-state index contributed by atoms with van der Waals surface area (Å²) in [4.78, 5) is 0. The van der Waals surface area contributed by atoms with Gasteiger partial charge in [-0.25, -0.2) is 0 Å². The van der Waals surface area contributed by atoms with Crippen LogP contribution in [-0.2, 0) is 14.2 Å². The van der Waals surface area contributed by atoms with Gasteiger partial charge in [0.05, 0.1) is 19.8 Å². The SMILES string of the molecule is OCC1OC(OC2COC(O)(CO)[C@H](O)C2O)C(O)C(O)C1O. The van der Waals surface area contributed by atoms with E-state index in [0.29, 0.717) is 0 Å². The van der Waals surface area contributed by atoms with E-state index < -0.39 is 74.6 Å². The number of rotatable bonds is 4. The topological polar surface area (TPSA) is 190 Å². The van der Waals surface area contributed by atoms with Crippen LogP contribution in [0.1, 0.15) is 0 Å². The normalized spacial score (nSPS) is 51.7. The Labute approximate surface area is 130 Å². The standard InChI is InChI=1S/C12H22O11/c13-1-4-6(15)8(17)9(18)11(22-4)23-5-2-21-12(20,3-14)10(19)7(5)16/h4-11,13-20H,1-3H2/t4?,5?,6?,7?,8?,9?,10-,11?,12?/m1/s1. The summed E-state index contributed by atoms with van der Waals surface area (Å²) in [5, 5.41) is 76.6. The minimum Gasteiger partial charge on any atom is -0.394 e. The summed E-state index contributed by atoms with van der Waals surface area (Å²) in [5.74, 6) is -2.35. The lowest BCUT2D eigenvalue weighted by atomic mass is 9.96. The van der Waals surface area contributed by atoms with Gasteiger partial charge in [0.2, 0.25) is 5.79 Å². The van der Waals surface area contributed by atoms with Crippen molar-refractivity contribution in [2.24, 2.45) is 0 Å². The summed E-state index contributed by atoms with van der Waals surface area (Å²) < 4.78 is 15.2. The fourth-order valence-electron chi connectivity index (χ4n) is 2.49. The molecule has 0 aromatic heterocycles. The van der Waals surface area contributed by atoms with E-state index in [0.717, 1.165) is 0 Å². The van der Waals surface area contributed by atoms with Gasteiger partial charge < -0.3 is 55.1 Å². The number of hydrogen-bond donors (Lipinski definition) is 8. The van der Waals surface area contributed by atoms with Gasteiger partial charge in [-0.1, -0.05) is 0 Å². The number of ether oxygens (including phenoxy) is 3. The van der Waals surface area contributed by atoms with Crippen LogP contribution in [0.5, 0.6) is 0 Å². The zero-order chi connectivity index (χ0) is 17.4. The zero-order valence-corrected chi connectivity index (χ0v) is 12.0. The van der Waals surface area contributed by atoms with Crippen LogP contribution in [0, 0.1) is 0 Å². The van der Waals surface area contributed by atoms with E-state index in [1.165, 1.54) is 0 Å². The van der Waals surface area contributed by atoms with Crippen LogP contribution >= 0.6 is 0 Å². The summed E-state index contributed by atoms with van der Waals surface area (Å²) in [7, 11) is 0. The van der Waals surface area contributed by atoms with Crippen LogP contribution in [0.3, 0.4) is 0 Å². The van der Waals surface area contributed by atoms with Gasteiger partial charge in [-0.2, -0.15) is 0 Å². The molecule has 23 heavy (non-hydrogen) atoms. The quantitative estimate of drug-likeness (QED) is 0.243. The van der Waals surface area contributed by atoms with E-state index in [1.54, 1.807) is 0 Å². The molecule has 11 heteroatoms. The lowest BCUT2D eigenvalue weighted by Gasteiger charge is -2.45. The van der Waals surface area contributed by atoms with Crippen LogP contribution in [0.25, 0.3) is 0 Å². The highest BCUT2D eigenvalue weighted by Gasteiger charge is 2.51. The number of aliphatic hydroxyl groups excluding tert-OH is 7. The summed E-state index contributed by atoms with van der Waals surface area (Å²) in [5.41, 5.74) is 0. The second-order valence-electron chi connectivity index (χ2n) is 5.62. The third-order valence-electron chi connectivity index (χ3n) is 4.05. The van der Waals surface area contributed by atoms with Crippen molar-refractivity contribution >= 4 is 0 Å². The molecule has 11 nitrogen and oxygen atoms in total. The van der Waals surface area contributed by atoms with Crippen LogP contribution in [-0.4, -0.2) is 115 Å². The maximum atomic E-state index is 9.94. The molecule has 0 saturated carbocycles. The highest BCUT2D eigenvalue weighted by Crippen LogP contribution is 2.29. The predicted octanol–water partition coefficient (Wildman–Crippen LogP) is -5.40. The monoisotopic (exact) mass is 342 g/mol. The summed E-state index contributed by atoms with van der Waals surface area (Å²) in [6, 6.07) is 0. The van der Waals surface area contributed by atoms with E-state index in [-0.39, 0.29) is 0 Å². The molecule has 2 aliphatic rings. The average molecular weight is 342 g/mol. The molecule has 8 unspecified atom stereocenters. The first-order valence-corrected chi connectivity index (χ1v) is 7.04. The van der Waals surface area contributed by atoms with E-state index in [1.807, 2.05) is 0 Å². The fraction of sp³-hybridized carbons (Fsp3) is 1.00. The van der Waals surface area contributed by atoms with Crippen molar-refractivity contribution in [3.05, 3.63) is 0 Å². The molecule has 0 bridgehead atoms. The Bertz CT molecular complexity index is 393. The minimum atomic E-state index is -2.35. The molecule has 0 spiro atoms. The van der Waals surface area contributed by atoms with Crippen LogP contribution in [0.15, 0.2) is 0 Å². The number of aliphatic hydroxyl groups is 8. The summed E-state index contributed by atoms with van der Waals surface area (Å²) >= 11 is 0. The first-order chi connectivity index (χ1) is 10.7. The second-order valence-corrected chi connectivity index (χ2v) is 5.62. The van der Waals surface area contributed by atoms with Crippen LogP contribution < -0.4 is 0 Å². The van der Waals surface area contributed by atoms with Crippen LogP contribution in [0.4, 0.5) is 0 Å². The molecule has 0 aromatic rings. The molecular formula is C12H22O11. The molecule has 2 heterocycles. The molecule has 0 aromatic carbocycles. The second kappa shape index (κ2) is 7.21. The molecule has 9 atom stereocenters. The van der Waals surface area contributed by atoms with Gasteiger partial charge in [0.15, 0.2) is 6.29 Å². The molecule has 2 rings (SSSR count). The number of hydrogen-bond acceptors (Lipinski definition) is 11. The first kappa shape index (κ1) is 18.9. The van der Waals surface area contributed by atoms with E-state index in [9.17, 15) is 30.6 Å². The van der Waals surface area contributed by atoms with Gasteiger partial charge in [0.1, 0.15) is 42.7 Å². The van der Waals surface area contributed by atoms with Crippen molar-refractivity contribution in [3.8, 4) is 0 Å². The van der Waals surface area contributed by atoms with Crippen molar-refractivity contribution in [1.82, 2.24) is 0 Å². The van der Waals surface area contributed by atoms with Gasteiger partial charge in [0.25, 0.3) is 0 Å². The molecule has 2 saturated heterocycles. The lowest BCUT2D eigenvalue weighted by Crippen LogP contribution is -2.65. The van der Waals surface area contributed by atoms with Crippen molar-refractivity contribution in [2.75, 3.05) is 19.8 Å². The Hall–Kier alpha value is -0.440. The Morgan fingerprint density at radius 1 is 0.957 bits per heavy atom. The molecule has 2 fully saturated rings. The molecule has 0 amide bonds. The van der Waals surface area contributed by atoms with Crippen molar-refractivity contribution < 1.29 is 55.1 Å². The minimum absolute atomic E-state index is 0.454. The smallest absolute Gasteiger partial charge is 0.218 e. The summed E-state index contributed by atoms with van der Waals surface area (Å²) in [6.45, 7) is -2.07. The van der Waals surface area contributed by atoms with Gasteiger partial charge in [-0.05, 0) is 0 Å². The zero-order valence-electron chi connectivity index (χ0n) is 12.0. The molecule has 136 valence electrons. The third kappa shape index (κ3) is 3.50. The Kier molecular flexibility index (Phi) is 5.92. The van der Waals surface area contributed by atoms with Crippen molar-refractivity contribution in [2.45, 2.75) is 54.8 Å². The fourth-order valence-corrected chi connectivity index (χ4v) is 2.49. The Morgan fingerprint density at radius 3 is 2.17 bits per heavy atom. The van der Waals surface area contributed by atoms with E-state index >= 15 is 0 Å². The lowest BCUT2D eigenvalue weighted by molar-refractivity contribution is -0.367. The highest BCUT2D eigenvalue weighted by molar-refractivity contribution is 4.94.